The lowest BCUT2D eigenvalue weighted by molar-refractivity contribution is -0.132. The summed E-state index contributed by atoms with van der Waals surface area (Å²) in [7, 11) is 1.80. The summed E-state index contributed by atoms with van der Waals surface area (Å²) in [6.07, 6.45) is 0. The highest BCUT2D eigenvalue weighted by atomic mass is 79.9. The van der Waals surface area contributed by atoms with Crippen molar-refractivity contribution < 1.29 is 4.79 Å². The first kappa shape index (κ1) is 13.7. The number of likely N-dealkylation sites (N-methyl/N-ethyl adjacent to an activating group) is 1. The predicted molar refractivity (Wildman–Crippen MR) is 71.7 cm³/mol. The van der Waals surface area contributed by atoms with E-state index in [0.29, 0.717) is 6.54 Å². The fraction of sp³-hybridized carbons (Fsp3) is 0.545. The van der Waals surface area contributed by atoms with E-state index in [9.17, 15) is 4.79 Å². The summed E-state index contributed by atoms with van der Waals surface area (Å²) in [4.78, 5) is 14.9. The van der Waals surface area contributed by atoms with E-state index >= 15 is 0 Å². The molecule has 1 aromatic rings. The molecule has 0 bridgehead atoms. The van der Waals surface area contributed by atoms with Crippen LogP contribution in [0.5, 0.6) is 0 Å². The summed E-state index contributed by atoms with van der Waals surface area (Å²) in [5.41, 5.74) is 5.55. The molecule has 1 amide bonds. The van der Waals surface area contributed by atoms with Gasteiger partial charge in [0.1, 0.15) is 0 Å². The van der Waals surface area contributed by atoms with Crippen LogP contribution in [-0.2, 0) is 4.79 Å². The van der Waals surface area contributed by atoms with Gasteiger partial charge < -0.3 is 10.6 Å². The molecule has 1 aromatic heterocycles. The van der Waals surface area contributed by atoms with Crippen molar-refractivity contribution >= 4 is 33.2 Å². The van der Waals surface area contributed by atoms with Gasteiger partial charge in [-0.15, -0.1) is 11.3 Å². The van der Waals surface area contributed by atoms with Crippen LogP contribution in [0.2, 0.25) is 0 Å². The van der Waals surface area contributed by atoms with E-state index in [2.05, 4.69) is 15.9 Å². The van der Waals surface area contributed by atoms with Gasteiger partial charge in [0.25, 0.3) is 0 Å². The van der Waals surface area contributed by atoms with Crippen molar-refractivity contribution in [2.45, 2.75) is 25.8 Å². The smallest absolute Gasteiger partial charge is 0.230 e. The van der Waals surface area contributed by atoms with Gasteiger partial charge in [0.05, 0.1) is 9.70 Å². The van der Waals surface area contributed by atoms with E-state index in [1.807, 2.05) is 26.0 Å². The highest BCUT2D eigenvalue weighted by Crippen LogP contribution is 2.29. The molecule has 2 N–H and O–H groups in total. The molecular formula is C11H17BrN2OS. The molecule has 0 aliphatic carbocycles. The molecule has 0 spiro atoms. The van der Waals surface area contributed by atoms with Gasteiger partial charge >= 0.3 is 0 Å². The molecule has 2 unspecified atom stereocenters. The summed E-state index contributed by atoms with van der Waals surface area (Å²) >= 11 is 5.00. The van der Waals surface area contributed by atoms with Crippen LogP contribution in [0.1, 0.15) is 24.6 Å². The standard InChI is InChI=1S/C11H17BrN2OS/c1-7(6-13)14(3)11(15)8(2)9-4-5-10(12)16-9/h4-5,7-8H,6,13H2,1-3H3. The second kappa shape index (κ2) is 5.80. The Morgan fingerprint density at radius 3 is 2.62 bits per heavy atom. The maximum Gasteiger partial charge on any atom is 0.230 e. The maximum absolute atomic E-state index is 12.1. The molecule has 0 aliphatic heterocycles. The number of rotatable bonds is 4. The second-order valence-electron chi connectivity index (χ2n) is 3.90. The molecule has 90 valence electrons. The molecule has 16 heavy (non-hydrogen) atoms. The fourth-order valence-electron chi connectivity index (χ4n) is 1.36. The average Bonchev–Trinajstić information content (AvgIpc) is 2.71. The van der Waals surface area contributed by atoms with Crippen molar-refractivity contribution in [1.82, 2.24) is 4.90 Å². The van der Waals surface area contributed by atoms with E-state index in [4.69, 9.17) is 5.73 Å². The van der Waals surface area contributed by atoms with E-state index in [1.54, 1.807) is 23.3 Å². The Balaban J connectivity index is 2.74. The number of thiophene rings is 1. The molecule has 0 radical (unpaired) electrons. The van der Waals surface area contributed by atoms with Crippen molar-refractivity contribution in [2.75, 3.05) is 13.6 Å². The zero-order valence-electron chi connectivity index (χ0n) is 9.74. The Morgan fingerprint density at radius 1 is 1.56 bits per heavy atom. The largest absolute Gasteiger partial charge is 0.341 e. The Bertz CT molecular complexity index is 367. The highest BCUT2D eigenvalue weighted by Gasteiger charge is 2.23. The first-order chi connectivity index (χ1) is 7.47. The van der Waals surface area contributed by atoms with Gasteiger partial charge in [-0.1, -0.05) is 0 Å². The lowest BCUT2D eigenvalue weighted by Gasteiger charge is -2.26. The van der Waals surface area contributed by atoms with Crippen molar-refractivity contribution in [1.29, 1.82) is 0 Å². The van der Waals surface area contributed by atoms with Crippen LogP contribution in [0.3, 0.4) is 0 Å². The zero-order valence-corrected chi connectivity index (χ0v) is 12.1. The monoisotopic (exact) mass is 304 g/mol. The number of nitrogens with zero attached hydrogens (tertiary/aromatic N) is 1. The number of amides is 1. The van der Waals surface area contributed by atoms with E-state index in [0.717, 1.165) is 8.66 Å². The third kappa shape index (κ3) is 3.06. The average molecular weight is 305 g/mol. The third-order valence-corrected chi connectivity index (χ3v) is 4.55. The van der Waals surface area contributed by atoms with Crippen molar-refractivity contribution in [2.24, 2.45) is 5.73 Å². The predicted octanol–water partition coefficient (Wildman–Crippen LogP) is 2.42. The van der Waals surface area contributed by atoms with Crippen molar-refractivity contribution in [3.63, 3.8) is 0 Å². The quantitative estimate of drug-likeness (QED) is 0.928. The minimum absolute atomic E-state index is 0.0818. The molecule has 1 heterocycles. The molecule has 0 saturated carbocycles. The normalized spacial score (nSPS) is 14.6. The van der Waals surface area contributed by atoms with Crippen molar-refractivity contribution in [3.05, 3.63) is 20.8 Å². The minimum Gasteiger partial charge on any atom is -0.341 e. The van der Waals surface area contributed by atoms with Gasteiger partial charge in [-0.3, -0.25) is 4.79 Å². The van der Waals surface area contributed by atoms with Crippen molar-refractivity contribution in [3.8, 4) is 0 Å². The first-order valence-corrected chi connectivity index (χ1v) is 6.80. The van der Waals surface area contributed by atoms with E-state index in [1.165, 1.54) is 0 Å². The van der Waals surface area contributed by atoms with Crippen LogP contribution in [-0.4, -0.2) is 30.4 Å². The summed E-state index contributed by atoms with van der Waals surface area (Å²) in [5.74, 6) is 0.0163. The molecule has 0 saturated heterocycles. The number of halogens is 1. The molecule has 3 nitrogen and oxygen atoms in total. The van der Waals surface area contributed by atoms with Gasteiger partial charge in [0, 0.05) is 24.5 Å². The number of hydrogen-bond donors (Lipinski definition) is 1. The number of carbonyl (C=O) groups excluding carboxylic acids is 1. The molecule has 0 fully saturated rings. The first-order valence-electron chi connectivity index (χ1n) is 5.19. The SMILES string of the molecule is CC(C(=O)N(C)C(C)CN)c1ccc(Br)s1. The van der Waals surface area contributed by atoms with Gasteiger partial charge in [-0.2, -0.15) is 0 Å². The zero-order chi connectivity index (χ0) is 12.3. The summed E-state index contributed by atoms with van der Waals surface area (Å²) in [6, 6.07) is 4.03. The molecule has 0 aromatic carbocycles. The minimum atomic E-state index is -0.102. The van der Waals surface area contributed by atoms with Gasteiger partial charge in [0.2, 0.25) is 5.91 Å². The van der Waals surface area contributed by atoms with Crippen LogP contribution in [0.25, 0.3) is 0 Å². The van der Waals surface area contributed by atoms with Gasteiger partial charge in [0.15, 0.2) is 0 Å². The molecule has 0 aliphatic rings. The Morgan fingerprint density at radius 2 is 2.19 bits per heavy atom. The lowest BCUT2D eigenvalue weighted by Crippen LogP contribution is -2.41. The molecule has 1 rings (SSSR count). The topological polar surface area (TPSA) is 46.3 Å². The van der Waals surface area contributed by atoms with Crippen LogP contribution < -0.4 is 5.73 Å². The third-order valence-electron chi connectivity index (χ3n) is 2.74. The second-order valence-corrected chi connectivity index (χ2v) is 6.39. The van der Waals surface area contributed by atoms with E-state index in [-0.39, 0.29) is 17.9 Å². The number of carbonyl (C=O) groups is 1. The molecular weight excluding hydrogens is 288 g/mol. The highest BCUT2D eigenvalue weighted by molar-refractivity contribution is 9.11. The van der Waals surface area contributed by atoms with Crippen LogP contribution >= 0.6 is 27.3 Å². The molecule has 2 atom stereocenters. The Labute approximate surface area is 109 Å². The Kier molecular flexibility index (Phi) is 4.95. The molecule has 5 heteroatoms. The summed E-state index contributed by atoms with van der Waals surface area (Å²) in [5, 5.41) is 0. The summed E-state index contributed by atoms with van der Waals surface area (Å²) < 4.78 is 1.05. The van der Waals surface area contributed by atoms with E-state index < -0.39 is 0 Å². The number of hydrogen-bond acceptors (Lipinski definition) is 3. The fourth-order valence-corrected chi connectivity index (χ4v) is 2.83. The van der Waals surface area contributed by atoms with Gasteiger partial charge in [-0.25, -0.2) is 0 Å². The lowest BCUT2D eigenvalue weighted by atomic mass is 10.1. The summed E-state index contributed by atoms with van der Waals surface area (Å²) in [6.45, 7) is 4.37. The van der Waals surface area contributed by atoms with Crippen LogP contribution in [0, 0.1) is 0 Å². The number of nitrogens with two attached hydrogens (primary N) is 1. The van der Waals surface area contributed by atoms with Crippen LogP contribution in [0.4, 0.5) is 0 Å². The Hall–Kier alpha value is -0.390. The maximum atomic E-state index is 12.1. The van der Waals surface area contributed by atoms with Crippen LogP contribution in [0.15, 0.2) is 15.9 Å². The van der Waals surface area contributed by atoms with Gasteiger partial charge in [-0.05, 0) is 41.9 Å².